The Labute approximate surface area is 153 Å². The number of ketones is 1. The van der Waals surface area contributed by atoms with Crippen LogP contribution in [0.2, 0.25) is 10.0 Å². The highest BCUT2D eigenvalue weighted by Crippen LogP contribution is 2.38. The average Bonchev–Trinajstić information content (AvgIpc) is 2.55. The topological polar surface area (TPSA) is 29.1 Å². The zero-order valence-corrected chi connectivity index (χ0v) is 15.3. The first-order valence-corrected chi connectivity index (χ1v) is 9.01. The van der Waals surface area contributed by atoms with E-state index in [-0.39, 0.29) is 23.9 Å². The minimum absolute atomic E-state index is 0.00504. The molecule has 0 aliphatic carbocycles. The molecule has 24 heavy (non-hydrogen) atoms. The lowest BCUT2D eigenvalue weighted by Crippen LogP contribution is -2.44. The predicted molar refractivity (Wildman–Crippen MR) is 99.5 cm³/mol. The summed E-state index contributed by atoms with van der Waals surface area (Å²) >= 11 is 12.0. The van der Waals surface area contributed by atoms with Crippen molar-refractivity contribution in [2.24, 2.45) is 11.8 Å². The monoisotopic (exact) mass is 361 g/mol. The van der Waals surface area contributed by atoms with E-state index in [1.54, 1.807) is 0 Å². The maximum atomic E-state index is 12.8. The molecule has 0 bridgehead atoms. The molecule has 3 unspecified atom stereocenters. The maximum absolute atomic E-state index is 12.8. The van der Waals surface area contributed by atoms with Crippen molar-refractivity contribution in [2.45, 2.75) is 32.4 Å². The first kappa shape index (κ1) is 17.5. The Morgan fingerprint density at radius 2 is 1.42 bits per heavy atom. The van der Waals surface area contributed by atoms with Gasteiger partial charge in [-0.2, -0.15) is 0 Å². The summed E-state index contributed by atoms with van der Waals surface area (Å²) in [6, 6.07) is 15.5. The van der Waals surface area contributed by atoms with Crippen molar-refractivity contribution in [2.75, 3.05) is 0 Å². The number of carbonyl (C=O) groups is 1. The summed E-state index contributed by atoms with van der Waals surface area (Å²) in [5.41, 5.74) is 2.19. The van der Waals surface area contributed by atoms with Gasteiger partial charge in [-0.1, -0.05) is 61.3 Å². The van der Waals surface area contributed by atoms with Crippen LogP contribution in [0.3, 0.4) is 0 Å². The Morgan fingerprint density at radius 1 is 0.917 bits per heavy atom. The molecule has 0 saturated carbocycles. The molecular weight excluding hydrogens is 341 g/mol. The number of piperidine rings is 1. The lowest BCUT2D eigenvalue weighted by Gasteiger charge is -2.39. The molecule has 1 aliphatic heterocycles. The van der Waals surface area contributed by atoms with Crippen LogP contribution in [-0.2, 0) is 4.79 Å². The molecule has 1 N–H and O–H groups in total. The SMILES string of the molecule is CC(C)C1C(=O)CC(c2ccc(Cl)cc2)NC1c1ccc(Cl)cc1. The van der Waals surface area contributed by atoms with Gasteiger partial charge in [0.2, 0.25) is 0 Å². The van der Waals surface area contributed by atoms with Gasteiger partial charge in [0.05, 0.1) is 0 Å². The Hall–Kier alpha value is -1.35. The number of hydrogen-bond acceptors (Lipinski definition) is 2. The molecule has 1 heterocycles. The maximum Gasteiger partial charge on any atom is 0.140 e. The number of nitrogens with one attached hydrogen (secondary N) is 1. The van der Waals surface area contributed by atoms with Gasteiger partial charge >= 0.3 is 0 Å². The van der Waals surface area contributed by atoms with E-state index in [9.17, 15) is 4.79 Å². The number of carbonyl (C=O) groups excluding carboxylic acids is 1. The molecule has 2 aromatic carbocycles. The molecule has 2 nitrogen and oxygen atoms in total. The highest BCUT2D eigenvalue weighted by molar-refractivity contribution is 6.30. The quantitative estimate of drug-likeness (QED) is 0.769. The number of rotatable bonds is 3. The third-order valence-corrected chi connectivity index (χ3v) is 5.24. The summed E-state index contributed by atoms with van der Waals surface area (Å²) in [6.07, 6.45) is 0.509. The summed E-state index contributed by atoms with van der Waals surface area (Å²) in [5, 5.41) is 5.09. The zero-order valence-electron chi connectivity index (χ0n) is 13.8. The Kier molecular flexibility index (Phi) is 5.29. The van der Waals surface area contributed by atoms with Crippen molar-refractivity contribution < 1.29 is 4.79 Å². The van der Waals surface area contributed by atoms with Crippen molar-refractivity contribution >= 4 is 29.0 Å². The lowest BCUT2D eigenvalue weighted by atomic mass is 9.75. The molecule has 3 atom stereocenters. The van der Waals surface area contributed by atoms with E-state index in [1.165, 1.54) is 0 Å². The van der Waals surface area contributed by atoms with Crippen molar-refractivity contribution in [3.8, 4) is 0 Å². The van der Waals surface area contributed by atoms with Crippen LogP contribution in [0.4, 0.5) is 0 Å². The molecule has 4 heteroatoms. The average molecular weight is 362 g/mol. The zero-order chi connectivity index (χ0) is 17.3. The predicted octanol–water partition coefficient (Wildman–Crippen LogP) is 5.61. The van der Waals surface area contributed by atoms with E-state index < -0.39 is 0 Å². The van der Waals surface area contributed by atoms with Crippen LogP contribution in [0.25, 0.3) is 0 Å². The second kappa shape index (κ2) is 7.26. The van der Waals surface area contributed by atoms with Gasteiger partial charge < -0.3 is 5.32 Å². The fourth-order valence-electron chi connectivity index (χ4n) is 3.54. The van der Waals surface area contributed by atoms with Crippen LogP contribution < -0.4 is 5.32 Å². The van der Waals surface area contributed by atoms with Crippen LogP contribution in [-0.4, -0.2) is 5.78 Å². The van der Waals surface area contributed by atoms with Gasteiger partial charge in [0.1, 0.15) is 5.78 Å². The van der Waals surface area contributed by atoms with Crippen LogP contribution in [0.1, 0.15) is 43.5 Å². The minimum Gasteiger partial charge on any atom is -0.302 e. The van der Waals surface area contributed by atoms with Gasteiger partial charge in [-0.15, -0.1) is 0 Å². The molecule has 0 amide bonds. The molecule has 0 radical (unpaired) electrons. The second-order valence-corrected chi connectivity index (χ2v) is 7.61. The van der Waals surface area contributed by atoms with E-state index in [2.05, 4.69) is 19.2 Å². The molecule has 1 aliphatic rings. The summed E-state index contributed by atoms with van der Waals surface area (Å²) in [7, 11) is 0. The minimum atomic E-state index is -0.0327. The molecule has 1 saturated heterocycles. The fraction of sp³-hybridized carbons (Fsp3) is 0.350. The van der Waals surface area contributed by atoms with E-state index in [1.807, 2.05) is 48.5 Å². The van der Waals surface area contributed by atoms with Crippen molar-refractivity contribution in [3.05, 3.63) is 69.7 Å². The van der Waals surface area contributed by atoms with Gasteiger partial charge in [0.25, 0.3) is 0 Å². The first-order chi connectivity index (χ1) is 11.5. The van der Waals surface area contributed by atoms with E-state index >= 15 is 0 Å². The van der Waals surface area contributed by atoms with E-state index in [0.29, 0.717) is 22.2 Å². The van der Waals surface area contributed by atoms with Crippen molar-refractivity contribution in [1.29, 1.82) is 0 Å². The Balaban J connectivity index is 1.93. The van der Waals surface area contributed by atoms with Crippen molar-refractivity contribution in [1.82, 2.24) is 5.32 Å². The molecule has 0 aromatic heterocycles. The summed E-state index contributed by atoms with van der Waals surface area (Å²) in [4.78, 5) is 12.8. The smallest absolute Gasteiger partial charge is 0.140 e. The standard InChI is InChI=1S/C20H21Cl2NO/c1-12(2)19-18(24)11-17(13-3-7-15(21)8-4-13)23-20(19)14-5-9-16(22)10-6-14/h3-10,12,17,19-20,23H,11H2,1-2H3. The van der Waals surface area contributed by atoms with Gasteiger partial charge in [-0.3, -0.25) is 4.79 Å². The number of benzene rings is 2. The Morgan fingerprint density at radius 3 is 1.92 bits per heavy atom. The summed E-state index contributed by atoms with van der Waals surface area (Å²) in [5.74, 6) is 0.551. The van der Waals surface area contributed by atoms with Gasteiger partial charge in [0, 0.05) is 34.5 Å². The highest BCUT2D eigenvalue weighted by Gasteiger charge is 2.39. The normalized spacial score (nSPS) is 24.4. The number of hydrogen-bond donors (Lipinski definition) is 1. The highest BCUT2D eigenvalue weighted by atomic mass is 35.5. The largest absolute Gasteiger partial charge is 0.302 e. The van der Waals surface area contributed by atoms with E-state index in [0.717, 1.165) is 11.1 Å². The van der Waals surface area contributed by atoms with Gasteiger partial charge in [-0.05, 0) is 41.3 Å². The fourth-order valence-corrected chi connectivity index (χ4v) is 3.79. The number of halogens is 2. The molecule has 3 rings (SSSR count). The first-order valence-electron chi connectivity index (χ1n) is 8.25. The third-order valence-electron chi connectivity index (χ3n) is 4.74. The van der Waals surface area contributed by atoms with Crippen LogP contribution in [0, 0.1) is 11.8 Å². The van der Waals surface area contributed by atoms with Crippen LogP contribution >= 0.6 is 23.2 Å². The second-order valence-electron chi connectivity index (χ2n) is 6.74. The molecule has 2 aromatic rings. The van der Waals surface area contributed by atoms with E-state index in [4.69, 9.17) is 23.2 Å². The summed E-state index contributed by atoms with van der Waals surface area (Å²) in [6.45, 7) is 4.21. The molecular formula is C20H21Cl2NO. The van der Waals surface area contributed by atoms with Gasteiger partial charge in [-0.25, -0.2) is 0 Å². The molecule has 126 valence electrons. The molecule has 0 spiro atoms. The third kappa shape index (κ3) is 3.66. The Bertz CT molecular complexity index is 709. The molecule has 1 fully saturated rings. The van der Waals surface area contributed by atoms with Gasteiger partial charge in [0.15, 0.2) is 0 Å². The lowest BCUT2D eigenvalue weighted by molar-refractivity contribution is -0.128. The van der Waals surface area contributed by atoms with Crippen LogP contribution in [0.15, 0.2) is 48.5 Å². The summed E-state index contributed by atoms with van der Waals surface area (Å²) < 4.78 is 0. The number of Topliss-reactive ketones (excluding diaryl/α,β-unsaturated/α-hetero) is 1. The van der Waals surface area contributed by atoms with Crippen LogP contribution in [0.5, 0.6) is 0 Å². The van der Waals surface area contributed by atoms with Crippen molar-refractivity contribution in [3.63, 3.8) is 0 Å².